The first kappa shape index (κ1) is 12.2. The summed E-state index contributed by atoms with van der Waals surface area (Å²) >= 11 is 0. The lowest BCUT2D eigenvalue weighted by Crippen LogP contribution is -2.03. The zero-order valence-corrected chi connectivity index (χ0v) is 9.05. The van der Waals surface area contributed by atoms with Crippen molar-refractivity contribution in [2.45, 2.75) is 39.0 Å². The molecule has 76 valence electrons. The average Bonchev–Trinajstić information content (AvgIpc) is 2.09. The molecule has 0 aromatic carbocycles. The summed E-state index contributed by atoms with van der Waals surface area (Å²) in [4.78, 5) is 12.5. The molecule has 0 aliphatic carbocycles. The fourth-order valence-corrected chi connectivity index (χ4v) is 1.24. The van der Waals surface area contributed by atoms with Crippen molar-refractivity contribution in [3.05, 3.63) is 11.8 Å². The standard InChI is InChI=1S/C11H21NO/c1-4-5-6-7-8-11(10-13)9-12(2)3/h9-10H,4-8H2,1-3H3/b11-9-. The molecule has 0 aromatic rings. The van der Waals surface area contributed by atoms with E-state index in [1.165, 1.54) is 19.3 Å². The molecule has 0 N–H and O–H groups in total. The zero-order chi connectivity index (χ0) is 10.1. The Kier molecular flexibility index (Phi) is 7.36. The van der Waals surface area contributed by atoms with Crippen LogP contribution in [0.25, 0.3) is 0 Å². The van der Waals surface area contributed by atoms with Gasteiger partial charge < -0.3 is 4.90 Å². The number of carbonyl (C=O) groups excluding carboxylic acids is 1. The highest BCUT2D eigenvalue weighted by molar-refractivity contribution is 5.72. The maximum absolute atomic E-state index is 10.6. The zero-order valence-electron chi connectivity index (χ0n) is 9.05. The van der Waals surface area contributed by atoms with E-state index in [0.717, 1.165) is 24.7 Å². The second-order valence-corrected chi connectivity index (χ2v) is 3.60. The van der Waals surface area contributed by atoms with E-state index in [4.69, 9.17) is 0 Å². The minimum atomic E-state index is 0.904. The first-order valence-corrected chi connectivity index (χ1v) is 5.03. The Balaban J connectivity index is 3.66. The Labute approximate surface area is 81.6 Å². The van der Waals surface area contributed by atoms with Gasteiger partial charge in [0.05, 0.1) is 0 Å². The van der Waals surface area contributed by atoms with Crippen molar-refractivity contribution in [2.24, 2.45) is 0 Å². The van der Waals surface area contributed by atoms with Crippen LogP contribution in [0, 0.1) is 0 Å². The van der Waals surface area contributed by atoms with Gasteiger partial charge in [0.25, 0.3) is 0 Å². The third-order valence-electron chi connectivity index (χ3n) is 1.89. The molecule has 0 amide bonds. The lowest BCUT2D eigenvalue weighted by atomic mass is 10.1. The number of unbranched alkanes of at least 4 members (excludes halogenated alkanes) is 3. The van der Waals surface area contributed by atoms with Crippen LogP contribution < -0.4 is 0 Å². The van der Waals surface area contributed by atoms with Crippen LogP contribution in [0.2, 0.25) is 0 Å². The first-order chi connectivity index (χ1) is 6.20. The maximum atomic E-state index is 10.6. The van der Waals surface area contributed by atoms with E-state index < -0.39 is 0 Å². The van der Waals surface area contributed by atoms with Gasteiger partial charge in [0.2, 0.25) is 0 Å². The highest BCUT2D eigenvalue weighted by atomic mass is 16.1. The Hall–Kier alpha value is -0.790. The highest BCUT2D eigenvalue weighted by Gasteiger charge is 1.95. The molecule has 13 heavy (non-hydrogen) atoms. The van der Waals surface area contributed by atoms with Gasteiger partial charge in [-0.1, -0.05) is 26.2 Å². The number of allylic oxidation sites excluding steroid dienone is 1. The Morgan fingerprint density at radius 2 is 1.92 bits per heavy atom. The second-order valence-electron chi connectivity index (χ2n) is 3.60. The number of carbonyl (C=O) groups is 1. The van der Waals surface area contributed by atoms with Crippen molar-refractivity contribution in [1.82, 2.24) is 4.90 Å². The molecule has 0 atom stereocenters. The van der Waals surface area contributed by atoms with E-state index in [-0.39, 0.29) is 0 Å². The Morgan fingerprint density at radius 1 is 1.23 bits per heavy atom. The average molecular weight is 183 g/mol. The largest absolute Gasteiger partial charge is 0.383 e. The molecule has 0 saturated heterocycles. The molecular weight excluding hydrogens is 162 g/mol. The molecule has 0 saturated carbocycles. The van der Waals surface area contributed by atoms with Crippen LogP contribution in [-0.4, -0.2) is 25.3 Å². The third kappa shape index (κ3) is 7.57. The molecule has 2 heteroatoms. The summed E-state index contributed by atoms with van der Waals surface area (Å²) in [7, 11) is 3.88. The SMILES string of the molecule is CCCCCC/C(C=O)=C/N(C)C. The van der Waals surface area contributed by atoms with E-state index in [0.29, 0.717) is 0 Å². The predicted molar refractivity (Wildman–Crippen MR) is 56.6 cm³/mol. The fourth-order valence-electron chi connectivity index (χ4n) is 1.24. The maximum Gasteiger partial charge on any atom is 0.147 e. The van der Waals surface area contributed by atoms with Crippen LogP contribution in [0.15, 0.2) is 11.8 Å². The van der Waals surface area contributed by atoms with Crippen molar-refractivity contribution >= 4 is 6.29 Å². The summed E-state index contributed by atoms with van der Waals surface area (Å²) < 4.78 is 0. The summed E-state index contributed by atoms with van der Waals surface area (Å²) in [5, 5.41) is 0. The van der Waals surface area contributed by atoms with Crippen molar-refractivity contribution in [3.63, 3.8) is 0 Å². The van der Waals surface area contributed by atoms with Gasteiger partial charge in [0.1, 0.15) is 6.29 Å². The summed E-state index contributed by atoms with van der Waals surface area (Å²) in [5.74, 6) is 0. The smallest absolute Gasteiger partial charge is 0.147 e. The molecule has 0 bridgehead atoms. The third-order valence-corrected chi connectivity index (χ3v) is 1.89. The van der Waals surface area contributed by atoms with E-state index in [2.05, 4.69) is 6.92 Å². The van der Waals surface area contributed by atoms with Crippen LogP contribution in [0.3, 0.4) is 0 Å². The predicted octanol–water partition coefficient (Wildman–Crippen LogP) is 2.60. The lowest BCUT2D eigenvalue weighted by molar-refractivity contribution is -0.105. The lowest BCUT2D eigenvalue weighted by Gasteiger charge is -2.06. The normalized spacial score (nSPS) is 11.5. The summed E-state index contributed by atoms with van der Waals surface area (Å²) in [6, 6.07) is 0. The summed E-state index contributed by atoms with van der Waals surface area (Å²) in [6.07, 6.45) is 8.66. The number of hydrogen-bond donors (Lipinski definition) is 0. The molecule has 2 nitrogen and oxygen atoms in total. The van der Waals surface area contributed by atoms with Gasteiger partial charge in [-0.25, -0.2) is 0 Å². The minimum absolute atomic E-state index is 0.904. The molecular formula is C11H21NO. The topological polar surface area (TPSA) is 20.3 Å². The number of hydrogen-bond acceptors (Lipinski definition) is 2. The second kappa shape index (κ2) is 7.84. The molecule has 0 aliphatic heterocycles. The van der Waals surface area contributed by atoms with E-state index in [9.17, 15) is 4.79 Å². The van der Waals surface area contributed by atoms with Crippen molar-refractivity contribution in [3.8, 4) is 0 Å². The minimum Gasteiger partial charge on any atom is -0.383 e. The molecule has 0 radical (unpaired) electrons. The molecule has 0 fully saturated rings. The van der Waals surface area contributed by atoms with Crippen LogP contribution >= 0.6 is 0 Å². The quantitative estimate of drug-likeness (QED) is 0.343. The molecule has 0 aliphatic rings. The fraction of sp³-hybridized carbons (Fsp3) is 0.727. The van der Waals surface area contributed by atoms with Crippen LogP contribution in [0.1, 0.15) is 39.0 Å². The molecule has 0 spiro atoms. The van der Waals surface area contributed by atoms with Crippen molar-refractivity contribution in [1.29, 1.82) is 0 Å². The van der Waals surface area contributed by atoms with Gasteiger partial charge in [0, 0.05) is 25.9 Å². The van der Waals surface area contributed by atoms with Gasteiger partial charge >= 0.3 is 0 Å². The van der Waals surface area contributed by atoms with E-state index >= 15 is 0 Å². The van der Waals surface area contributed by atoms with Crippen molar-refractivity contribution < 1.29 is 4.79 Å². The monoisotopic (exact) mass is 183 g/mol. The number of aldehydes is 1. The van der Waals surface area contributed by atoms with Gasteiger partial charge in [-0.2, -0.15) is 0 Å². The Bertz CT molecular complexity index is 161. The molecule has 0 unspecified atom stereocenters. The van der Waals surface area contributed by atoms with E-state index in [1.54, 1.807) is 0 Å². The Morgan fingerprint density at radius 3 is 2.38 bits per heavy atom. The molecule has 0 rings (SSSR count). The van der Waals surface area contributed by atoms with Gasteiger partial charge in [-0.05, 0) is 12.8 Å². The number of rotatable bonds is 7. The van der Waals surface area contributed by atoms with Crippen LogP contribution in [0.5, 0.6) is 0 Å². The van der Waals surface area contributed by atoms with Crippen molar-refractivity contribution in [2.75, 3.05) is 14.1 Å². The highest BCUT2D eigenvalue weighted by Crippen LogP contribution is 2.08. The van der Waals surface area contributed by atoms with Crippen LogP contribution in [0.4, 0.5) is 0 Å². The summed E-state index contributed by atoms with van der Waals surface area (Å²) in [5.41, 5.74) is 0.904. The first-order valence-electron chi connectivity index (χ1n) is 5.03. The van der Waals surface area contributed by atoms with Gasteiger partial charge in [-0.15, -0.1) is 0 Å². The van der Waals surface area contributed by atoms with Gasteiger partial charge in [0.15, 0.2) is 0 Å². The van der Waals surface area contributed by atoms with Gasteiger partial charge in [-0.3, -0.25) is 4.79 Å². The van der Waals surface area contributed by atoms with Crippen LogP contribution in [-0.2, 0) is 4.79 Å². The number of nitrogens with zero attached hydrogens (tertiary/aromatic N) is 1. The molecule has 0 heterocycles. The van der Waals surface area contributed by atoms with E-state index in [1.807, 2.05) is 25.2 Å². The molecule has 0 aromatic heterocycles. The summed E-state index contributed by atoms with van der Waals surface area (Å²) in [6.45, 7) is 2.19.